The first-order valence-corrected chi connectivity index (χ1v) is 9.01. The summed E-state index contributed by atoms with van der Waals surface area (Å²) in [6, 6.07) is 8.31. The van der Waals surface area contributed by atoms with Crippen molar-refractivity contribution >= 4 is 44.8 Å². The number of nitrogens with zero attached hydrogens (tertiary/aromatic N) is 2. The van der Waals surface area contributed by atoms with Crippen LogP contribution in [0.1, 0.15) is 38.1 Å². The van der Waals surface area contributed by atoms with Gasteiger partial charge in [-0.15, -0.1) is 11.3 Å². The number of esters is 1. The van der Waals surface area contributed by atoms with Crippen molar-refractivity contribution in [2.24, 2.45) is 0 Å². The highest BCUT2D eigenvalue weighted by Gasteiger charge is 2.27. The predicted octanol–water partition coefficient (Wildman–Crippen LogP) is 2.75. The molecule has 0 radical (unpaired) electrons. The van der Waals surface area contributed by atoms with E-state index in [1.54, 1.807) is 31.2 Å². The highest BCUT2D eigenvalue weighted by molar-refractivity contribution is 7.21. The molecule has 0 unspecified atom stereocenters. The van der Waals surface area contributed by atoms with Crippen LogP contribution in [0.15, 0.2) is 24.3 Å². The van der Waals surface area contributed by atoms with Crippen molar-refractivity contribution in [3.05, 3.63) is 45.8 Å². The number of rotatable bonds is 5. The predicted molar refractivity (Wildman–Crippen MR) is 106 cm³/mol. The number of benzene rings is 1. The van der Waals surface area contributed by atoms with Gasteiger partial charge in [0.25, 0.3) is 0 Å². The average Bonchev–Trinajstić information content (AvgIpc) is 3.02. The molecule has 2 heterocycles. The van der Waals surface area contributed by atoms with Gasteiger partial charge in [0.05, 0.1) is 25.0 Å². The molecular formula is C19H16N4O4S. The van der Waals surface area contributed by atoms with Crippen LogP contribution in [0.5, 0.6) is 5.75 Å². The van der Waals surface area contributed by atoms with Gasteiger partial charge in [-0.05, 0) is 31.2 Å². The number of nitrogen functional groups attached to an aromatic ring is 2. The van der Waals surface area contributed by atoms with E-state index in [-0.39, 0.29) is 44.3 Å². The Morgan fingerprint density at radius 2 is 1.93 bits per heavy atom. The van der Waals surface area contributed by atoms with Gasteiger partial charge in [0.15, 0.2) is 5.78 Å². The maximum atomic E-state index is 13.2. The maximum Gasteiger partial charge on any atom is 0.350 e. The van der Waals surface area contributed by atoms with E-state index < -0.39 is 11.8 Å². The first kappa shape index (κ1) is 19.1. The molecule has 3 rings (SSSR count). The second-order valence-electron chi connectivity index (χ2n) is 5.66. The van der Waals surface area contributed by atoms with Gasteiger partial charge in [-0.1, -0.05) is 0 Å². The summed E-state index contributed by atoms with van der Waals surface area (Å²) in [6.45, 7) is 1.84. The minimum absolute atomic E-state index is 0.0134. The molecule has 9 heteroatoms. The summed E-state index contributed by atoms with van der Waals surface area (Å²) in [5.74, 6) is -0.610. The van der Waals surface area contributed by atoms with Crippen LogP contribution in [0.3, 0.4) is 0 Å². The van der Waals surface area contributed by atoms with Crippen molar-refractivity contribution in [1.29, 1.82) is 5.26 Å². The lowest BCUT2D eigenvalue weighted by Gasteiger charge is -2.09. The van der Waals surface area contributed by atoms with Gasteiger partial charge in [-0.2, -0.15) is 5.26 Å². The zero-order chi connectivity index (χ0) is 20.4. The van der Waals surface area contributed by atoms with Gasteiger partial charge < -0.3 is 20.9 Å². The zero-order valence-electron chi connectivity index (χ0n) is 15.1. The van der Waals surface area contributed by atoms with E-state index in [1.165, 1.54) is 7.11 Å². The molecular weight excluding hydrogens is 380 g/mol. The molecule has 28 heavy (non-hydrogen) atoms. The Balaban J connectivity index is 2.28. The largest absolute Gasteiger partial charge is 0.497 e. The Labute approximate surface area is 164 Å². The number of thiophene rings is 1. The quantitative estimate of drug-likeness (QED) is 0.495. The van der Waals surface area contributed by atoms with Crippen LogP contribution in [0.2, 0.25) is 0 Å². The summed E-state index contributed by atoms with van der Waals surface area (Å²) in [5.41, 5.74) is 12.3. The van der Waals surface area contributed by atoms with E-state index in [4.69, 9.17) is 20.9 Å². The minimum Gasteiger partial charge on any atom is -0.497 e. The summed E-state index contributed by atoms with van der Waals surface area (Å²) < 4.78 is 10.1. The first-order chi connectivity index (χ1) is 13.4. The number of carbonyl (C=O) groups excluding carboxylic acids is 2. The molecule has 0 spiro atoms. The standard InChI is InChI=1S/C19H16N4O4S/c1-3-27-19(25)16-14(21)13-12(11(8-20)17(22)23-18(13)28-16)15(24)9-4-6-10(26-2)7-5-9/h4-7H,3,21H2,1-2H3,(H2,22,23). The van der Waals surface area contributed by atoms with Gasteiger partial charge in [-0.25, -0.2) is 9.78 Å². The second kappa shape index (κ2) is 7.54. The van der Waals surface area contributed by atoms with Gasteiger partial charge in [0.2, 0.25) is 0 Å². The number of anilines is 2. The number of pyridine rings is 1. The van der Waals surface area contributed by atoms with Crippen LogP contribution in [-0.4, -0.2) is 30.5 Å². The van der Waals surface area contributed by atoms with Gasteiger partial charge in [-0.3, -0.25) is 4.79 Å². The van der Waals surface area contributed by atoms with Crippen LogP contribution in [0, 0.1) is 11.3 Å². The van der Waals surface area contributed by atoms with E-state index in [1.807, 2.05) is 6.07 Å². The van der Waals surface area contributed by atoms with E-state index in [0.717, 1.165) is 11.3 Å². The molecule has 0 saturated carbocycles. The molecule has 1 aromatic carbocycles. The number of nitriles is 1. The molecule has 0 saturated heterocycles. The molecule has 142 valence electrons. The lowest BCUT2D eigenvalue weighted by Crippen LogP contribution is -2.10. The smallest absolute Gasteiger partial charge is 0.350 e. The summed E-state index contributed by atoms with van der Waals surface area (Å²) >= 11 is 0.966. The number of ketones is 1. The van der Waals surface area contributed by atoms with Crippen molar-refractivity contribution in [3.8, 4) is 11.8 Å². The van der Waals surface area contributed by atoms with Crippen molar-refractivity contribution in [3.63, 3.8) is 0 Å². The van der Waals surface area contributed by atoms with Crippen molar-refractivity contribution in [2.75, 3.05) is 25.2 Å². The van der Waals surface area contributed by atoms with E-state index in [0.29, 0.717) is 11.3 Å². The summed E-state index contributed by atoms with van der Waals surface area (Å²) in [4.78, 5) is 29.9. The van der Waals surface area contributed by atoms with Crippen LogP contribution < -0.4 is 16.2 Å². The van der Waals surface area contributed by atoms with Crippen molar-refractivity contribution in [1.82, 2.24) is 4.98 Å². The fourth-order valence-corrected chi connectivity index (χ4v) is 3.75. The lowest BCUT2D eigenvalue weighted by atomic mass is 9.96. The molecule has 0 bridgehead atoms. The number of hydrogen-bond donors (Lipinski definition) is 2. The molecule has 0 fully saturated rings. The molecule has 2 aromatic heterocycles. The van der Waals surface area contributed by atoms with Gasteiger partial charge >= 0.3 is 5.97 Å². The van der Waals surface area contributed by atoms with Crippen molar-refractivity contribution < 1.29 is 19.1 Å². The summed E-state index contributed by atoms with van der Waals surface area (Å²) in [5, 5.41) is 9.78. The summed E-state index contributed by atoms with van der Waals surface area (Å²) in [6.07, 6.45) is 0. The number of fused-ring (bicyclic) bond motifs is 1. The number of hydrogen-bond acceptors (Lipinski definition) is 9. The minimum atomic E-state index is -0.622. The zero-order valence-corrected chi connectivity index (χ0v) is 15.9. The van der Waals surface area contributed by atoms with E-state index >= 15 is 0 Å². The maximum absolute atomic E-state index is 13.2. The van der Waals surface area contributed by atoms with E-state index in [9.17, 15) is 14.9 Å². The number of carbonyl (C=O) groups is 2. The highest BCUT2D eigenvalue weighted by atomic mass is 32.1. The normalized spacial score (nSPS) is 10.5. The van der Waals surface area contributed by atoms with Gasteiger partial charge in [0, 0.05) is 10.9 Å². The highest BCUT2D eigenvalue weighted by Crippen LogP contribution is 2.39. The number of methoxy groups -OCH3 is 1. The Bertz CT molecular complexity index is 1130. The molecule has 8 nitrogen and oxygen atoms in total. The molecule has 0 atom stereocenters. The second-order valence-corrected chi connectivity index (χ2v) is 6.66. The topological polar surface area (TPSA) is 141 Å². The number of nitrogens with two attached hydrogens (primary N) is 2. The summed E-state index contributed by atoms with van der Waals surface area (Å²) in [7, 11) is 1.51. The lowest BCUT2D eigenvalue weighted by molar-refractivity contribution is 0.0533. The Morgan fingerprint density at radius 3 is 2.50 bits per heavy atom. The molecule has 0 aliphatic carbocycles. The monoisotopic (exact) mass is 396 g/mol. The molecule has 0 aliphatic rings. The van der Waals surface area contributed by atoms with E-state index in [2.05, 4.69) is 4.98 Å². The SMILES string of the molecule is CCOC(=O)c1sc2nc(N)c(C#N)c(C(=O)c3ccc(OC)cc3)c2c1N. The van der Waals surface area contributed by atoms with Gasteiger partial charge in [0.1, 0.15) is 32.9 Å². The third-order valence-electron chi connectivity index (χ3n) is 4.06. The molecule has 4 N–H and O–H groups in total. The van der Waals surface area contributed by atoms with Crippen molar-refractivity contribution in [2.45, 2.75) is 6.92 Å². The van der Waals surface area contributed by atoms with Crippen LogP contribution in [-0.2, 0) is 4.74 Å². The van der Waals surface area contributed by atoms with Crippen LogP contribution >= 0.6 is 11.3 Å². The third kappa shape index (κ3) is 3.10. The van der Waals surface area contributed by atoms with Crippen LogP contribution in [0.4, 0.5) is 11.5 Å². The first-order valence-electron chi connectivity index (χ1n) is 8.20. The fourth-order valence-electron chi connectivity index (χ4n) is 2.75. The number of aromatic nitrogens is 1. The third-order valence-corrected chi connectivity index (χ3v) is 5.14. The van der Waals surface area contributed by atoms with Crippen LogP contribution in [0.25, 0.3) is 10.2 Å². The molecule has 3 aromatic rings. The fraction of sp³-hybridized carbons (Fsp3) is 0.158. The molecule has 0 amide bonds. The Kier molecular flexibility index (Phi) is 5.15. The average molecular weight is 396 g/mol. The molecule has 0 aliphatic heterocycles. The Morgan fingerprint density at radius 1 is 1.25 bits per heavy atom. The Hall–Kier alpha value is -3.64. The number of ether oxygens (including phenoxy) is 2.